The predicted octanol–water partition coefficient (Wildman–Crippen LogP) is 4.68. The molecule has 4 nitrogen and oxygen atoms in total. The van der Waals surface area contributed by atoms with Crippen molar-refractivity contribution in [1.82, 2.24) is 9.47 Å². The van der Waals surface area contributed by atoms with Crippen molar-refractivity contribution in [2.24, 2.45) is 0 Å². The molecular weight excluding hydrogens is 360 g/mol. The van der Waals surface area contributed by atoms with Crippen LogP contribution in [0.2, 0.25) is 0 Å². The van der Waals surface area contributed by atoms with Gasteiger partial charge in [0, 0.05) is 25.4 Å². The van der Waals surface area contributed by atoms with Crippen molar-refractivity contribution >= 4 is 17.7 Å². The largest absolute Gasteiger partial charge is 0.333 e. The van der Waals surface area contributed by atoms with Gasteiger partial charge in [-0.1, -0.05) is 80.1 Å². The molecule has 4 heteroatoms. The van der Waals surface area contributed by atoms with Gasteiger partial charge in [-0.15, -0.1) is 0 Å². The molecule has 3 rings (SSSR count). The highest BCUT2D eigenvalue weighted by Gasteiger charge is 2.20. The molecule has 0 saturated heterocycles. The second-order valence-electron chi connectivity index (χ2n) is 6.91. The summed E-state index contributed by atoms with van der Waals surface area (Å²) < 4.78 is 1.43. The zero-order valence-electron chi connectivity index (χ0n) is 16.7. The van der Waals surface area contributed by atoms with Crippen LogP contribution in [0.1, 0.15) is 30.9 Å². The van der Waals surface area contributed by atoms with Crippen molar-refractivity contribution in [3.05, 3.63) is 107 Å². The Hall–Kier alpha value is -3.40. The summed E-state index contributed by atoms with van der Waals surface area (Å²) in [5.74, 6) is -0.153. The Kier molecular flexibility index (Phi) is 7.17. The maximum absolute atomic E-state index is 13.6. The summed E-state index contributed by atoms with van der Waals surface area (Å²) in [4.78, 5) is 27.9. The van der Waals surface area contributed by atoms with E-state index < -0.39 is 0 Å². The van der Waals surface area contributed by atoms with Gasteiger partial charge in [0.25, 0.3) is 11.5 Å². The molecule has 0 unspecified atom stereocenters. The van der Waals surface area contributed by atoms with Crippen LogP contribution >= 0.6 is 0 Å². The van der Waals surface area contributed by atoms with Crippen LogP contribution in [0.3, 0.4) is 0 Å². The number of aromatic nitrogens is 1. The fraction of sp³-hybridized carbons (Fsp3) is 0.200. The first kappa shape index (κ1) is 20.3. The van der Waals surface area contributed by atoms with Gasteiger partial charge >= 0.3 is 0 Å². The smallest absolute Gasteiger partial charge is 0.271 e. The monoisotopic (exact) mass is 386 g/mol. The number of carbonyl (C=O) groups is 1. The van der Waals surface area contributed by atoms with Gasteiger partial charge in [-0.3, -0.25) is 14.2 Å². The van der Waals surface area contributed by atoms with Crippen molar-refractivity contribution in [2.75, 3.05) is 6.54 Å². The molecule has 29 heavy (non-hydrogen) atoms. The van der Waals surface area contributed by atoms with E-state index in [4.69, 9.17) is 0 Å². The lowest BCUT2D eigenvalue weighted by Gasteiger charge is -2.25. The third-order valence-electron chi connectivity index (χ3n) is 4.69. The van der Waals surface area contributed by atoms with E-state index in [-0.39, 0.29) is 11.5 Å². The van der Waals surface area contributed by atoms with Gasteiger partial charge in [0.2, 0.25) is 0 Å². The average Bonchev–Trinajstić information content (AvgIpc) is 2.76. The van der Waals surface area contributed by atoms with Crippen LogP contribution in [0.4, 0.5) is 0 Å². The Morgan fingerprint density at radius 1 is 0.931 bits per heavy atom. The van der Waals surface area contributed by atoms with Crippen LogP contribution in [0.15, 0.2) is 89.9 Å². The maximum atomic E-state index is 13.6. The normalized spacial score (nSPS) is 11.3. The molecule has 0 aliphatic carbocycles. The molecule has 0 aliphatic heterocycles. The first-order valence-electron chi connectivity index (χ1n) is 9.97. The van der Waals surface area contributed by atoms with Gasteiger partial charge in [0.1, 0.15) is 5.70 Å². The first-order chi connectivity index (χ1) is 14.2. The van der Waals surface area contributed by atoms with Crippen molar-refractivity contribution in [3.63, 3.8) is 0 Å². The summed E-state index contributed by atoms with van der Waals surface area (Å²) in [6.07, 6.45) is 5.33. The molecular formula is C25H26N2O2. The van der Waals surface area contributed by atoms with E-state index in [1.807, 2.05) is 65.6 Å². The Labute approximate surface area is 171 Å². The zero-order chi connectivity index (χ0) is 20.5. The third kappa shape index (κ3) is 5.55. The molecule has 0 aliphatic rings. The number of hydrogen-bond donors (Lipinski definition) is 0. The SMILES string of the molecule is CCCCN(Cc1ccccc1)C(=O)/C(=C\c1ccccc1)n1ccccc1=O. The Morgan fingerprint density at radius 2 is 1.59 bits per heavy atom. The molecule has 0 atom stereocenters. The summed E-state index contributed by atoms with van der Waals surface area (Å²) >= 11 is 0. The van der Waals surface area contributed by atoms with Crippen molar-refractivity contribution in [1.29, 1.82) is 0 Å². The molecule has 2 aromatic carbocycles. The van der Waals surface area contributed by atoms with Crippen LogP contribution in [-0.4, -0.2) is 21.9 Å². The highest BCUT2D eigenvalue weighted by Crippen LogP contribution is 2.16. The molecule has 148 valence electrons. The lowest BCUT2D eigenvalue weighted by atomic mass is 10.1. The topological polar surface area (TPSA) is 42.3 Å². The van der Waals surface area contributed by atoms with E-state index >= 15 is 0 Å². The van der Waals surface area contributed by atoms with Crippen LogP contribution in [0.25, 0.3) is 11.8 Å². The molecule has 0 spiro atoms. The minimum Gasteiger partial charge on any atom is -0.333 e. The van der Waals surface area contributed by atoms with E-state index in [1.54, 1.807) is 24.4 Å². The highest BCUT2D eigenvalue weighted by atomic mass is 16.2. The number of nitrogens with zero attached hydrogens (tertiary/aromatic N) is 2. The van der Waals surface area contributed by atoms with Crippen LogP contribution in [0.5, 0.6) is 0 Å². The maximum Gasteiger partial charge on any atom is 0.271 e. The summed E-state index contributed by atoms with van der Waals surface area (Å²) in [7, 11) is 0. The van der Waals surface area contributed by atoms with Crippen molar-refractivity contribution < 1.29 is 4.79 Å². The molecule has 0 saturated carbocycles. The number of rotatable bonds is 8. The van der Waals surface area contributed by atoms with Crippen LogP contribution in [0, 0.1) is 0 Å². The molecule has 3 aromatic rings. The Morgan fingerprint density at radius 3 is 2.24 bits per heavy atom. The van der Waals surface area contributed by atoms with E-state index in [0.717, 1.165) is 24.0 Å². The molecule has 0 fully saturated rings. The molecule has 0 radical (unpaired) electrons. The second-order valence-corrected chi connectivity index (χ2v) is 6.91. The standard InChI is InChI=1S/C25H26N2O2/c1-2-3-17-26(20-22-14-8-5-9-15-22)25(29)23(19-21-12-6-4-7-13-21)27-18-11-10-16-24(27)28/h4-16,18-19H,2-3,17,20H2,1H3/b23-19+. The minimum atomic E-state index is -0.224. The molecule has 1 aromatic heterocycles. The lowest BCUT2D eigenvalue weighted by Crippen LogP contribution is -2.35. The Balaban J connectivity index is 2.02. The summed E-state index contributed by atoms with van der Waals surface area (Å²) in [5, 5.41) is 0. The molecule has 1 amide bonds. The van der Waals surface area contributed by atoms with E-state index in [2.05, 4.69) is 6.92 Å². The van der Waals surface area contributed by atoms with Gasteiger partial charge < -0.3 is 4.90 Å². The number of amides is 1. The fourth-order valence-corrected chi connectivity index (χ4v) is 3.14. The number of benzene rings is 2. The highest BCUT2D eigenvalue weighted by molar-refractivity contribution is 6.18. The summed E-state index contributed by atoms with van der Waals surface area (Å²) in [5.41, 5.74) is 2.07. The van der Waals surface area contributed by atoms with E-state index in [9.17, 15) is 9.59 Å². The lowest BCUT2D eigenvalue weighted by molar-refractivity contribution is -0.126. The van der Waals surface area contributed by atoms with Gasteiger partial charge in [-0.25, -0.2) is 0 Å². The van der Waals surface area contributed by atoms with Gasteiger partial charge in [-0.05, 0) is 29.7 Å². The number of carbonyl (C=O) groups excluding carboxylic acids is 1. The first-order valence-corrected chi connectivity index (χ1v) is 9.97. The van der Waals surface area contributed by atoms with Crippen molar-refractivity contribution in [2.45, 2.75) is 26.3 Å². The van der Waals surface area contributed by atoms with Gasteiger partial charge in [0.15, 0.2) is 0 Å². The summed E-state index contributed by atoms with van der Waals surface area (Å²) in [6.45, 7) is 3.25. The molecule has 1 heterocycles. The summed E-state index contributed by atoms with van der Waals surface area (Å²) in [6, 6.07) is 24.5. The van der Waals surface area contributed by atoms with E-state index in [0.29, 0.717) is 18.8 Å². The predicted molar refractivity (Wildman–Crippen MR) is 118 cm³/mol. The second kappa shape index (κ2) is 10.2. The zero-order valence-corrected chi connectivity index (χ0v) is 16.7. The Bertz CT molecular complexity index is 1010. The number of unbranched alkanes of at least 4 members (excludes halogenated alkanes) is 1. The fourth-order valence-electron chi connectivity index (χ4n) is 3.14. The van der Waals surface area contributed by atoms with Gasteiger partial charge in [-0.2, -0.15) is 0 Å². The third-order valence-corrected chi connectivity index (χ3v) is 4.69. The van der Waals surface area contributed by atoms with E-state index in [1.165, 1.54) is 10.6 Å². The van der Waals surface area contributed by atoms with Crippen LogP contribution in [-0.2, 0) is 11.3 Å². The average molecular weight is 386 g/mol. The van der Waals surface area contributed by atoms with Crippen molar-refractivity contribution in [3.8, 4) is 0 Å². The van der Waals surface area contributed by atoms with Crippen LogP contribution < -0.4 is 5.56 Å². The molecule has 0 bridgehead atoms. The molecule has 0 N–H and O–H groups in total. The minimum absolute atomic E-state index is 0.153. The van der Waals surface area contributed by atoms with Gasteiger partial charge in [0.05, 0.1) is 0 Å². The number of hydrogen-bond acceptors (Lipinski definition) is 2. The quantitative estimate of drug-likeness (QED) is 0.528. The number of pyridine rings is 1.